The van der Waals surface area contributed by atoms with Crippen LogP contribution in [0.5, 0.6) is 0 Å². The summed E-state index contributed by atoms with van der Waals surface area (Å²) in [6.07, 6.45) is -9.02. The van der Waals surface area contributed by atoms with Crippen molar-refractivity contribution in [2.75, 3.05) is 26.4 Å². The van der Waals surface area contributed by atoms with Crippen LogP contribution < -0.4 is 10.4 Å². The molecular weight excluding hydrogens is 750 g/mol. The number of alkyl halides is 6. The lowest BCUT2D eigenvalue weighted by Gasteiger charge is -2.32. The van der Waals surface area contributed by atoms with E-state index >= 15 is 0 Å². The maximum atomic E-state index is 14.2. The highest BCUT2D eigenvalue weighted by molar-refractivity contribution is 6.87. The van der Waals surface area contributed by atoms with Crippen LogP contribution in [0.25, 0.3) is 0 Å². The number of benzene rings is 2. The molecule has 24 heteroatoms. The molecule has 0 spiro atoms. The van der Waals surface area contributed by atoms with Crippen molar-refractivity contribution in [1.29, 1.82) is 0 Å². The van der Waals surface area contributed by atoms with Crippen LogP contribution in [0.3, 0.4) is 0 Å². The molecule has 0 heterocycles. The van der Waals surface area contributed by atoms with E-state index in [1.807, 2.05) is 0 Å². The van der Waals surface area contributed by atoms with E-state index < -0.39 is 135 Å². The van der Waals surface area contributed by atoms with E-state index in [0.29, 0.717) is 0 Å². The molecule has 0 unspecified atom stereocenters. The summed E-state index contributed by atoms with van der Waals surface area (Å²) in [5, 5.41) is -4.21. The van der Waals surface area contributed by atoms with E-state index in [4.69, 9.17) is 0 Å². The Morgan fingerprint density at radius 1 is 0.479 bits per heavy atom. The van der Waals surface area contributed by atoms with Crippen molar-refractivity contribution in [3.8, 4) is 0 Å². The van der Waals surface area contributed by atoms with Crippen molar-refractivity contribution in [2.45, 2.75) is 39.7 Å². The first-order valence-corrected chi connectivity index (χ1v) is 16.3. The van der Waals surface area contributed by atoms with E-state index in [9.17, 15) is 79.0 Å². The first-order chi connectivity index (χ1) is 21.9. The largest absolute Gasteiger partial charge is 0.497 e. The van der Waals surface area contributed by atoms with E-state index in [-0.39, 0.29) is 0 Å². The molecule has 274 valence electrons. The number of hydrogen-bond acceptors (Lipinski definition) is 4. The van der Waals surface area contributed by atoms with E-state index in [1.165, 1.54) is 0 Å². The second kappa shape index (κ2) is 16.3. The molecule has 0 aliphatic rings. The zero-order valence-electron chi connectivity index (χ0n) is 24.3. The van der Waals surface area contributed by atoms with Crippen molar-refractivity contribution >= 4 is 27.5 Å². The highest BCUT2D eigenvalue weighted by Gasteiger charge is 2.67. The van der Waals surface area contributed by atoms with Gasteiger partial charge in [-0.2, -0.15) is 35.1 Å². The van der Waals surface area contributed by atoms with Crippen LogP contribution in [-0.2, 0) is 23.9 Å². The number of hydrogen-bond donors (Lipinski definition) is 0. The SMILES string of the molecule is CCO[Si](OCC)(C(F)=C(F)F)c1c(F)c(F)c(C(F)(F)F)c(F)c1F.CCO[Si](OCC)(c1c(F)c(F)c(F)c(F)c1F)C(F)(F)F. The highest BCUT2D eigenvalue weighted by atomic mass is 28.4. The summed E-state index contributed by atoms with van der Waals surface area (Å²) in [7, 11) is -11.7. The molecule has 0 radical (unpaired) electrons. The smallest absolute Gasteiger partial charge is 0.386 e. The Bertz CT molecular complexity index is 1420. The van der Waals surface area contributed by atoms with Crippen molar-refractivity contribution in [3.63, 3.8) is 0 Å². The van der Waals surface area contributed by atoms with Gasteiger partial charge in [-0.1, -0.05) is 0 Å². The lowest BCUT2D eigenvalue weighted by molar-refractivity contribution is -0.143. The Morgan fingerprint density at radius 3 is 1.06 bits per heavy atom. The summed E-state index contributed by atoms with van der Waals surface area (Å²) >= 11 is 0. The van der Waals surface area contributed by atoms with Crippen molar-refractivity contribution in [3.05, 3.63) is 69.4 Å². The monoisotopic (exact) mass is 770 g/mol. The second-order valence-electron chi connectivity index (χ2n) is 8.49. The molecule has 0 amide bonds. The quantitative estimate of drug-likeness (QED) is 0.101. The molecule has 0 saturated heterocycles. The Balaban J connectivity index is 0.000000487. The summed E-state index contributed by atoms with van der Waals surface area (Å²) in [5.41, 5.74) is -5.57. The van der Waals surface area contributed by atoms with Crippen LogP contribution in [0.4, 0.5) is 79.0 Å². The fourth-order valence-corrected chi connectivity index (χ4v) is 9.21. The zero-order chi connectivity index (χ0) is 37.7. The third-order valence-electron chi connectivity index (χ3n) is 5.63. The molecule has 2 rings (SSSR count). The zero-order valence-corrected chi connectivity index (χ0v) is 26.3. The summed E-state index contributed by atoms with van der Waals surface area (Å²) in [6, 6.07) is 0. The van der Waals surface area contributed by atoms with Crippen LogP contribution in [0.15, 0.2) is 11.5 Å². The van der Waals surface area contributed by atoms with E-state index in [2.05, 4.69) is 17.7 Å². The predicted molar refractivity (Wildman–Crippen MR) is 131 cm³/mol. The summed E-state index contributed by atoms with van der Waals surface area (Å²) in [6.45, 7) is 1.41. The number of rotatable bonds is 11. The molecule has 2 aromatic carbocycles. The van der Waals surface area contributed by atoms with Crippen LogP contribution in [0, 0.1) is 52.4 Å². The predicted octanol–water partition coefficient (Wildman–Crippen LogP) is 7.81. The van der Waals surface area contributed by atoms with Gasteiger partial charge in [-0.15, -0.1) is 0 Å². The fraction of sp³-hybridized carbons (Fsp3) is 0.417. The van der Waals surface area contributed by atoms with Gasteiger partial charge in [0.25, 0.3) is 0 Å². The third kappa shape index (κ3) is 7.98. The second-order valence-corrected chi connectivity index (χ2v) is 14.1. The first kappa shape index (κ1) is 43.2. The van der Waals surface area contributed by atoms with Crippen molar-refractivity contribution in [2.24, 2.45) is 0 Å². The molecule has 0 aliphatic heterocycles. The summed E-state index contributed by atoms with van der Waals surface area (Å²) in [5.74, 6) is -29.6. The molecule has 0 N–H and O–H groups in total. The van der Waals surface area contributed by atoms with Gasteiger partial charge in [0.05, 0.1) is 10.4 Å². The molecule has 2 aromatic rings. The molecule has 0 saturated carbocycles. The minimum Gasteiger partial charge on any atom is -0.386 e. The fourth-order valence-electron chi connectivity index (χ4n) is 3.91. The van der Waals surface area contributed by atoms with Crippen LogP contribution >= 0.6 is 0 Å². The lowest BCUT2D eigenvalue weighted by atomic mass is 10.1. The van der Waals surface area contributed by atoms with Gasteiger partial charge in [0, 0.05) is 26.4 Å². The average molecular weight is 771 g/mol. The maximum Gasteiger partial charge on any atom is 0.497 e. The molecule has 0 aliphatic carbocycles. The van der Waals surface area contributed by atoms with E-state index in [0.717, 1.165) is 27.7 Å². The van der Waals surface area contributed by atoms with Gasteiger partial charge in [-0.25, -0.2) is 43.9 Å². The molecule has 0 aromatic heterocycles. The molecule has 48 heavy (non-hydrogen) atoms. The standard InChI is InChI=1S/C13H10F10O2Si.C11H10F8O2Si/c1-3-24-26(25-4-2,12(20)11(18)19)10-8(16)6(14)5(13(21,22)23)7(15)9(10)17;1-3-20-22(21-4-2,11(17,18)19)10-8(15)6(13)5(12)7(14)9(10)16/h3-4H2,1-2H3;3-4H2,1-2H3. The lowest BCUT2D eigenvalue weighted by Crippen LogP contribution is -2.67. The van der Waals surface area contributed by atoms with Crippen LogP contribution in [0.1, 0.15) is 33.3 Å². The minimum atomic E-state index is -5.94. The van der Waals surface area contributed by atoms with Crippen molar-refractivity contribution < 1.29 is 96.7 Å². The first-order valence-electron chi connectivity index (χ1n) is 12.7. The van der Waals surface area contributed by atoms with Crippen molar-refractivity contribution in [1.82, 2.24) is 0 Å². The molecule has 0 bridgehead atoms. The van der Waals surface area contributed by atoms with Gasteiger partial charge in [0.15, 0.2) is 46.5 Å². The van der Waals surface area contributed by atoms with Gasteiger partial charge in [0.1, 0.15) is 5.56 Å². The maximum absolute atomic E-state index is 14.2. The minimum absolute atomic E-state index is 0.703. The van der Waals surface area contributed by atoms with Gasteiger partial charge >= 0.3 is 35.2 Å². The average Bonchev–Trinajstić information content (AvgIpc) is 2.97. The Labute approximate surface area is 260 Å². The molecule has 4 nitrogen and oxygen atoms in total. The Morgan fingerprint density at radius 2 is 0.792 bits per heavy atom. The van der Waals surface area contributed by atoms with Gasteiger partial charge in [0.2, 0.25) is 11.3 Å². The number of halogens is 18. The molecular formula is C24H20F18O4Si2. The van der Waals surface area contributed by atoms with Gasteiger partial charge in [-0.3, -0.25) is 0 Å². The summed E-state index contributed by atoms with van der Waals surface area (Å²) in [4.78, 5) is 0. The van der Waals surface area contributed by atoms with E-state index in [1.54, 1.807) is 0 Å². The summed E-state index contributed by atoms with van der Waals surface area (Å²) < 4.78 is 258. The molecule has 0 atom stereocenters. The Hall–Kier alpha value is -2.81. The third-order valence-corrected chi connectivity index (χ3v) is 12.1. The van der Waals surface area contributed by atoms with Crippen LogP contribution in [-0.4, -0.2) is 49.3 Å². The normalized spacial score (nSPS) is 12.6. The highest BCUT2D eigenvalue weighted by Crippen LogP contribution is 2.37. The Kier molecular flexibility index (Phi) is 14.6. The van der Waals surface area contributed by atoms with Gasteiger partial charge in [-0.05, 0) is 27.7 Å². The van der Waals surface area contributed by atoms with Crippen LogP contribution in [0.2, 0.25) is 0 Å². The van der Waals surface area contributed by atoms with Gasteiger partial charge < -0.3 is 17.7 Å². The topological polar surface area (TPSA) is 36.9 Å². The molecule has 0 fully saturated rings.